The van der Waals surface area contributed by atoms with Gasteiger partial charge in [0.05, 0.1) is 12.7 Å². The Morgan fingerprint density at radius 2 is 1.72 bits per heavy atom. The van der Waals surface area contributed by atoms with Gasteiger partial charge in [-0.05, 0) is 63.4 Å². The highest BCUT2D eigenvalue weighted by Crippen LogP contribution is 2.42. The summed E-state index contributed by atoms with van der Waals surface area (Å²) < 4.78 is 12.5. The fraction of sp³-hybridized carbons (Fsp3) is 0.464. The minimum atomic E-state index is -0.459. The minimum Gasteiger partial charge on any atom is -0.465 e. The first-order chi connectivity index (χ1) is 17.2. The predicted octanol–water partition coefficient (Wildman–Crippen LogP) is 4.71. The van der Waals surface area contributed by atoms with Crippen LogP contribution < -0.4 is 4.90 Å². The molecule has 2 aliphatic heterocycles. The molecule has 0 aliphatic carbocycles. The molecule has 190 valence electrons. The molecule has 2 aromatic heterocycles. The molecule has 8 nitrogen and oxygen atoms in total. The Morgan fingerprint density at radius 1 is 1.03 bits per heavy atom. The molecule has 2 fully saturated rings. The topological polar surface area (TPSA) is 76.9 Å². The van der Waals surface area contributed by atoms with Crippen molar-refractivity contribution in [3.05, 3.63) is 59.9 Å². The van der Waals surface area contributed by atoms with Crippen molar-refractivity contribution in [1.29, 1.82) is 0 Å². The monoisotopic (exact) mass is 490 g/mol. The van der Waals surface area contributed by atoms with Crippen LogP contribution in [0.2, 0.25) is 0 Å². The average molecular weight is 491 g/mol. The van der Waals surface area contributed by atoms with Crippen molar-refractivity contribution in [3.63, 3.8) is 0 Å². The molecule has 4 heterocycles. The number of hydrogen-bond donors (Lipinski definition) is 0. The normalized spacial score (nSPS) is 17.2. The van der Waals surface area contributed by atoms with Gasteiger partial charge in [0, 0.05) is 61.6 Å². The van der Waals surface area contributed by atoms with Crippen LogP contribution in [0.1, 0.15) is 49.5 Å². The number of esters is 1. The Hall–Kier alpha value is -3.55. The van der Waals surface area contributed by atoms with Crippen molar-refractivity contribution in [2.75, 3.05) is 38.2 Å². The van der Waals surface area contributed by atoms with Crippen LogP contribution in [-0.2, 0) is 16.0 Å². The number of ether oxygens (including phenoxy) is 2. The number of benzene rings is 1. The maximum atomic E-state index is 12.4. The lowest BCUT2D eigenvalue weighted by Gasteiger charge is -2.54. The van der Waals surface area contributed by atoms with Crippen LogP contribution in [0.3, 0.4) is 0 Å². The van der Waals surface area contributed by atoms with E-state index >= 15 is 0 Å². The van der Waals surface area contributed by atoms with Gasteiger partial charge in [0.1, 0.15) is 11.2 Å². The maximum absolute atomic E-state index is 12.4. The molecule has 1 spiro atoms. The van der Waals surface area contributed by atoms with Gasteiger partial charge in [0.15, 0.2) is 0 Å². The SMILES string of the molecule is COC(=O)c1ccc(Cn2ccc3c(N4CCC5(CC4)CN(C(=O)OC(C)(C)C)C5)ccnc32)cc1. The number of carbonyl (C=O) groups is 2. The van der Waals surface area contributed by atoms with E-state index in [2.05, 4.69) is 32.8 Å². The number of likely N-dealkylation sites (tertiary alicyclic amines) is 1. The van der Waals surface area contributed by atoms with Gasteiger partial charge in [0.25, 0.3) is 0 Å². The van der Waals surface area contributed by atoms with Gasteiger partial charge < -0.3 is 23.8 Å². The fourth-order valence-electron chi connectivity index (χ4n) is 5.30. The number of methoxy groups -OCH3 is 1. The third-order valence-corrected chi connectivity index (χ3v) is 7.24. The van der Waals surface area contributed by atoms with Crippen molar-refractivity contribution >= 4 is 28.8 Å². The quantitative estimate of drug-likeness (QED) is 0.493. The van der Waals surface area contributed by atoms with Crippen LogP contribution >= 0.6 is 0 Å². The van der Waals surface area contributed by atoms with Crippen LogP contribution in [0.5, 0.6) is 0 Å². The van der Waals surface area contributed by atoms with E-state index < -0.39 is 5.60 Å². The summed E-state index contributed by atoms with van der Waals surface area (Å²) in [7, 11) is 1.39. The Labute approximate surface area is 211 Å². The van der Waals surface area contributed by atoms with Crippen molar-refractivity contribution in [1.82, 2.24) is 14.5 Å². The van der Waals surface area contributed by atoms with Crippen LogP contribution in [0.25, 0.3) is 11.0 Å². The van der Waals surface area contributed by atoms with Gasteiger partial charge >= 0.3 is 12.1 Å². The van der Waals surface area contributed by atoms with E-state index in [1.165, 1.54) is 12.8 Å². The van der Waals surface area contributed by atoms with Gasteiger partial charge in [-0.1, -0.05) is 12.1 Å². The zero-order valence-corrected chi connectivity index (χ0v) is 21.5. The number of rotatable bonds is 4. The van der Waals surface area contributed by atoms with Gasteiger partial charge in [-0.25, -0.2) is 14.6 Å². The Balaban J connectivity index is 1.24. The molecule has 8 heteroatoms. The van der Waals surface area contributed by atoms with E-state index in [4.69, 9.17) is 9.47 Å². The molecule has 0 saturated carbocycles. The Kier molecular flexibility index (Phi) is 6.14. The summed E-state index contributed by atoms with van der Waals surface area (Å²) in [5, 5.41) is 1.14. The summed E-state index contributed by atoms with van der Waals surface area (Å²) in [6, 6.07) is 11.7. The number of carbonyl (C=O) groups excluding carboxylic acids is 2. The zero-order valence-electron chi connectivity index (χ0n) is 21.5. The largest absolute Gasteiger partial charge is 0.465 e. The van der Waals surface area contributed by atoms with E-state index in [1.807, 2.05) is 44.0 Å². The Bertz CT molecular complexity index is 1260. The molecular weight excluding hydrogens is 456 g/mol. The van der Waals surface area contributed by atoms with E-state index in [0.717, 1.165) is 55.6 Å². The standard InChI is InChI=1S/C28H34N4O4/c1-27(2,3)36-26(34)32-18-28(19-32)11-15-30(16-12-28)23-9-13-29-24-22(23)10-14-31(24)17-20-5-7-21(8-6-20)25(33)35-4/h5-10,13-14H,11-12,15-19H2,1-4H3. The lowest BCUT2D eigenvalue weighted by molar-refractivity contribution is -0.0434. The van der Waals surface area contributed by atoms with E-state index in [9.17, 15) is 9.59 Å². The van der Waals surface area contributed by atoms with Crippen LogP contribution in [0, 0.1) is 5.41 Å². The number of fused-ring (bicyclic) bond motifs is 1. The summed E-state index contributed by atoms with van der Waals surface area (Å²) in [5.41, 5.74) is 3.54. The molecule has 0 atom stereocenters. The number of nitrogens with zero attached hydrogens (tertiary/aromatic N) is 4. The second-order valence-electron chi connectivity index (χ2n) is 11.0. The number of anilines is 1. The number of piperidine rings is 1. The lowest BCUT2D eigenvalue weighted by atomic mass is 9.72. The van der Waals surface area contributed by atoms with Crippen molar-refractivity contribution in [3.8, 4) is 0 Å². The van der Waals surface area contributed by atoms with Crippen LogP contribution in [0.15, 0.2) is 48.8 Å². The number of amides is 1. The van der Waals surface area contributed by atoms with Crippen LogP contribution in [-0.4, -0.2) is 65.4 Å². The van der Waals surface area contributed by atoms with E-state index in [1.54, 1.807) is 12.1 Å². The summed E-state index contributed by atoms with van der Waals surface area (Å²) in [5.74, 6) is -0.331. The zero-order chi connectivity index (χ0) is 25.5. The first kappa shape index (κ1) is 24.2. The number of pyridine rings is 1. The lowest BCUT2D eigenvalue weighted by Crippen LogP contribution is -2.62. The average Bonchev–Trinajstić information content (AvgIpc) is 3.24. The summed E-state index contributed by atoms with van der Waals surface area (Å²) in [4.78, 5) is 33.0. The fourth-order valence-corrected chi connectivity index (χ4v) is 5.30. The van der Waals surface area contributed by atoms with E-state index in [0.29, 0.717) is 12.1 Å². The number of hydrogen-bond acceptors (Lipinski definition) is 6. The molecule has 1 aromatic carbocycles. The van der Waals surface area contributed by atoms with Gasteiger partial charge in [-0.3, -0.25) is 0 Å². The van der Waals surface area contributed by atoms with Gasteiger partial charge in [-0.15, -0.1) is 0 Å². The molecule has 3 aromatic rings. The third-order valence-electron chi connectivity index (χ3n) is 7.24. The summed E-state index contributed by atoms with van der Waals surface area (Å²) in [6.07, 6.45) is 5.87. The van der Waals surface area contributed by atoms with Crippen LogP contribution in [0.4, 0.5) is 10.5 Å². The first-order valence-corrected chi connectivity index (χ1v) is 12.5. The van der Waals surface area contributed by atoms with Crippen molar-refractivity contribution < 1.29 is 19.1 Å². The smallest absolute Gasteiger partial charge is 0.410 e. The second kappa shape index (κ2) is 9.15. The molecule has 2 saturated heterocycles. The highest BCUT2D eigenvalue weighted by Gasteiger charge is 2.47. The summed E-state index contributed by atoms with van der Waals surface area (Å²) >= 11 is 0. The van der Waals surface area contributed by atoms with Crippen molar-refractivity contribution in [2.24, 2.45) is 5.41 Å². The van der Waals surface area contributed by atoms with Gasteiger partial charge in [-0.2, -0.15) is 0 Å². The molecule has 1 amide bonds. The first-order valence-electron chi connectivity index (χ1n) is 12.5. The molecule has 2 aliphatic rings. The second-order valence-corrected chi connectivity index (χ2v) is 11.0. The molecule has 5 rings (SSSR count). The highest BCUT2D eigenvalue weighted by atomic mass is 16.6. The number of aromatic nitrogens is 2. The molecule has 0 N–H and O–H groups in total. The maximum Gasteiger partial charge on any atom is 0.410 e. The van der Waals surface area contributed by atoms with Crippen molar-refractivity contribution in [2.45, 2.75) is 45.8 Å². The van der Waals surface area contributed by atoms with E-state index in [-0.39, 0.29) is 17.5 Å². The molecule has 0 bridgehead atoms. The van der Waals surface area contributed by atoms with Gasteiger partial charge in [0.2, 0.25) is 0 Å². The molecular formula is C28H34N4O4. The highest BCUT2D eigenvalue weighted by molar-refractivity contribution is 5.90. The minimum absolute atomic E-state index is 0.201. The predicted molar refractivity (Wildman–Crippen MR) is 138 cm³/mol. The molecule has 0 unspecified atom stereocenters. The third kappa shape index (κ3) is 4.76. The molecule has 0 radical (unpaired) electrons. The summed E-state index contributed by atoms with van der Waals surface area (Å²) in [6.45, 7) is 9.88. The Morgan fingerprint density at radius 3 is 2.36 bits per heavy atom. The molecule has 36 heavy (non-hydrogen) atoms.